The molecule has 0 unspecified atom stereocenters. The van der Waals surface area contributed by atoms with Gasteiger partial charge in [-0.25, -0.2) is 18.4 Å². The first-order chi connectivity index (χ1) is 13.9. The number of amides is 1. The van der Waals surface area contributed by atoms with Crippen LogP contribution in [-0.2, 0) is 9.84 Å². The zero-order valence-corrected chi connectivity index (χ0v) is 17.4. The number of aryl methyl sites for hydroxylation is 3. The van der Waals surface area contributed by atoms with Crippen molar-refractivity contribution in [3.8, 4) is 5.82 Å². The second-order valence-electron chi connectivity index (χ2n) is 6.70. The summed E-state index contributed by atoms with van der Waals surface area (Å²) in [7, 11) is -3.76. The minimum absolute atomic E-state index is 0.176. The summed E-state index contributed by atoms with van der Waals surface area (Å²) in [6, 6.07) is 6.29. The van der Waals surface area contributed by atoms with Crippen molar-refractivity contribution in [1.29, 1.82) is 0 Å². The molecular formula is C18H18N6O5S. The molecule has 1 amide bonds. The molecule has 3 aromatic rings. The largest absolute Gasteiger partial charge is 0.306 e. The van der Waals surface area contributed by atoms with E-state index >= 15 is 0 Å². The van der Waals surface area contributed by atoms with E-state index in [2.05, 4.69) is 20.4 Å². The van der Waals surface area contributed by atoms with Gasteiger partial charge in [-0.05, 0) is 26.8 Å². The molecule has 3 rings (SSSR count). The first kappa shape index (κ1) is 21.0. The summed E-state index contributed by atoms with van der Waals surface area (Å²) >= 11 is 0. The van der Waals surface area contributed by atoms with Crippen LogP contribution in [0.15, 0.2) is 35.2 Å². The third-order valence-corrected chi connectivity index (χ3v) is 5.13. The van der Waals surface area contributed by atoms with Gasteiger partial charge >= 0.3 is 0 Å². The highest BCUT2D eigenvalue weighted by Gasteiger charge is 2.20. The average Bonchev–Trinajstić information content (AvgIpc) is 3.00. The number of carbonyl (C=O) groups is 1. The van der Waals surface area contributed by atoms with Gasteiger partial charge in [0.2, 0.25) is 0 Å². The zero-order chi connectivity index (χ0) is 22.2. The molecule has 1 aromatic carbocycles. The third-order valence-electron chi connectivity index (χ3n) is 4.04. The maximum absolute atomic E-state index is 12.8. The number of hydrogen-bond acceptors (Lipinski definition) is 8. The standard InChI is InChI=1S/C18H18N6O5S/c1-10-5-16(20-12(3)19-10)23-17(6-11(2)22-23)21-18(25)13-7-14(24(26)27)9-15(8-13)30(4,28)29/h5-9H,1-4H3,(H,21,25). The van der Waals surface area contributed by atoms with Gasteiger partial charge in [0.1, 0.15) is 11.6 Å². The Labute approximate surface area is 171 Å². The number of anilines is 1. The molecule has 0 aliphatic heterocycles. The second-order valence-corrected chi connectivity index (χ2v) is 8.71. The maximum Gasteiger partial charge on any atom is 0.271 e. The molecule has 30 heavy (non-hydrogen) atoms. The van der Waals surface area contributed by atoms with Crippen molar-refractivity contribution in [3.05, 3.63) is 63.2 Å². The van der Waals surface area contributed by atoms with Gasteiger partial charge < -0.3 is 5.32 Å². The van der Waals surface area contributed by atoms with Crippen molar-refractivity contribution < 1.29 is 18.1 Å². The molecule has 0 aliphatic rings. The summed E-state index contributed by atoms with van der Waals surface area (Å²) in [6.45, 7) is 5.24. The summed E-state index contributed by atoms with van der Waals surface area (Å²) in [4.78, 5) is 31.4. The van der Waals surface area contributed by atoms with Crippen molar-refractivity contribution >= 4 is 27.2 Å². The van der Waals surface area contributed by atoms with E-state index in [0.717, 1.165) is 24.5 Å². The minimum atomic E-state index is -3.76. The fourth-order valence-electron chi connectivity index (χ4n) is 2.79. The van der Waals surface area contributed by atoms with Crippen LogP contribution >= 0.6 is 0 Å². The molecular weight excluding hydrogens is 412 g/mol. The summed E-state index contributed by atoms with van der Waals surface area (Å²) in [5, 5.41) is 18.1. The van der Waals surface area contributed by atoms with Crippen LogP contribution in [0, 0.1) is 30.9 Å². The number of sulfone groups is 1. The number of benzene rings is 1. The highest BCUT2D eigenvalue weighted by Crippen LogP contribution is 2.23. The van der Waals surface area contributed by atoms with Gasteiger partial charge in [-0.15, -0.1) is 0 Å². The van der Waals surface area contributed by atoms with E-state index in [1.807, 2.05) is 0 Å². The molecule has 0 atom stereocenters. The van der Waals surface area contributed by atoms with Gasteiger partial charge in [0, 0.05) is 41.8 Å². The monoisotopic (exact) mass is 430 g/mol. The molecule has 0 aliphatic carbocycles. The third kappa shape index (κ3) is 4.49. The summed E-state index contributed by atoms with van der Waals surface area (Å²) < 4.78 is 25.1. The molecule has 12 heteroatoms. The highest BCUT2D eigenvalue weighted by molar-refractivity contribution is 7.90. The molecule has 0 fully saturated rings. The Balaban J connectivity index is 2.03. The van der Waals surface area contributed by atoms with E-state index in [0.29, 0.717) is 23.0 Å². The number of rotatable bonds is 5. The van der Waals surface area contributed by atoms with Crippen molar-refractivity contribution in [2.24, 2.45) is 0 Å². The van der Waals surface area contributed by atoms with Gasteiger partial charge in [0.15, 0.2) is 15.7 Å². The molecule has 2 heterocycles. The van der Waals surface area contributed by atoms with Gasteiger partial charge in [0.05, 0.1) is 15.5 Å². The van der Waals surface area contributed by atoms with Gasteiger partial charge in [-0.2, -0.15) is 9.78 Å². The lowest BCUT2D eigenvalue weighted by Gasteiger charge is -2.10. The van der Waals surface area contributed by atoms with Crippen molar-refractivity contribution in [2.75, 3.05) is 11.6 Å². The van der Waals surface area contributed by atoms with Crippen molar-refractivity contribution in [3.63, 3.8) is 0 Å². The van der Waals surface area contributed by atoms with E-state index in [1.54, 1.807) is 32.9 Å². The number of aromatic nitrogens is 4. The molecule has 11 nitrogen and oxygen atoms in total. The van der Waals surface area contributed by atoms with Crippen LogP contribution in [-0.4, -0.2) is 45.3 Å². The zero-order valence-electron chi connectivity index (χ0n) is 16.6. The topological polar surface area (TPSA) is 150 Å². The van der Waals surface area contributed by atoms with Crippen LogP contribution in [0.3, 0.4) is 0 Å². The number of carbonyl (C=O) groups excluding carboxylic acids is 1. The van der Waals surface area contributed by atoms with E-state index < -0.39 is 26.4 Å². The van der Waals surface area contributed by atoms with Crippen LogP contribution in [0.2, 0.25) is 0 Å². The van der Waals surface area contributed by atoms with Crippen molar-refractivity contribution in [1.82, 2.24) is 19.7 Å². The molecule has 2 aromatic heterocycles. The Kier molecular flexibility index (Phi) is 5.35. The Morgan fingerprint density at radius 2 is 1.77 bits per heavy atom. The van der Waals surface area contributed by atoms with E-state index in [9.17, 15) is 23.3 Å². The summed E-state index contributed by atoms with van der Waals surface area (Å²) in [5.41, 5.74) is 0.620. The Bertz CT molecular complexity index is 1260. The van der Waals surface area contributed by atoms with Gasteiger partial charge in [-0.3, -0.25) is 14.9 Å². The summed E-state index contributed by atoms with van der Waals surface area (Å²) in [6.07, 6.45) is 0.909. The van der Waals surface area contributed by atoms with Crippen LogP contribution < -0.4 is 5.32 Å². The lowest BCUT2D eigenvalue weighted by atomic mass is 10.2. The second kappa shape index (κ2) is 7.63. The number of nitro benzene ring substituents is 1. The fraction of sp³-hybridized carbons (Fsp3) is 0.222. The molecule has 0 radical (unpaired) electrons. The SMILES string of the molecule is Cc1cc(-n2nc(C)cc2NC(=O)c2cc([N+](=O)[O-])cc(S(C)(=O)=O)c2)nc(C)n1. The Morgan fingerprint density at radius 1 is 1.07 bits per heavy atom. The first-order valence-electron chi connectivity index (χ1n) is 8.64. The Hall–Kier alpha value is -3.67. The van der Waals surface area contributed by atoms with E-state index in [1.165, 1.54) is 4.68 Å². The van der Waals surface area contributed by atoms with Crippen LogP contribution in [0.1, 0.15) is 27.6 Å². The number of nitrogens with zero attached hydrogens (tertiary/aromatic N) is 5. The van der Waals surface area contributed by atoms with Crippen LogP contribution in [0.4, 0.5) is 11.5 Å². The first-order valence-corrected chi connectivity index (χ1v) is 10.5. The molecule has 0 saturated heterocycles. The number of hydrogen-bond donors (Lipinski definition) is 1. The molecule has 0 bridgehead atoms. The lowest BCUT2D eigenvalue weighted by Crippen LogP contribution is -2.17. The van der Waals surface area contributed by atoms with Crippen LogP contribution in [0.5, 0.6) is 0 Å². The quantitative estimate of drug-likeness (QED) is 0.478. The van der Waals surface area contributed by atoms with E-state index in [-0.39, 0.29) is 16.3 Å². The lowest BCUT2D eigenvalue weighted by molar-refractivity contribution is -0.385. The number of non-ortho nitro benzene ring substituents is 1. The number of nitrogens with one attached hydrogen (secondary N) is 1. The van der Waals surface area contributed by atoms with Gasteiger partial charge in [-0.1, -0.05) is 0 Å². The minimum Gasteiger partial charge on any atom is -0.306 e. The highest BCUT2D eigenvalue weighted by atomic mass is 32.2. The summed E-state index contributed by atoms with van der Waals surface area (Å²) in [5.74, 6) is 0.487. The molecule has 1 N–H and O–H groups in total. The Morgan fingerprint density at radius 3 is 2.37 bits per heavy atom. The van der Waals surface area contributed by atoms with Crippen molar-refractivity contribution in [2.45, 2.75) is 25.7 Å². The predicted molar refractivity (Wildman–Crippen MR) is 108 cm³/mol. The van der Waals surface area contributed by atoms with Gasteiger partial charge in [0.25, 0.3) is 11.6 Å². The normalized spacial score (nSPS) is 11.3. The van der Waals surface area contributed by atoms with Crippen LogP contribution in [0.25, 0.3) is 5.82 Å². The average molecular weight is 430 g/mol. The number of nitro groups is 1. The maximum atomic E-state index is 12.8. The fourth-order valence-corrected chi connectivity index (χ4v) is 3.47. The molecule has 0 saturated carbocycles. The molecule has 0 spiro atoms. The predicted octanol–water partition coefficient (Wildman–Crippen LogP) is 2.15. The molecule has 156 valence electrons. The smallest absolute Gasteiger partial charge is 0.271 e. The van der Waals surface area contributed by atoms with E-state index in [4.69, 9.17) is 0 Å².